The fraction of sp³-hybridized carbons (Fsp3) is 0.733. The van der Waals surface area contributed by atoms with Gasteiger partial charge < -0.3 is 5.32 Å². The van der Waals surface area contributed by atoms with Crippen LogP contribution in [0.1, 0.15) is 51.5 Å². The number of anilines is 1. The maximum Gasteiger partial charge on any atom is 0.133 e. The first kappa shape index (κ1) is 14.6. The highest BCUT2D eigenvalue weighted by Crippen LogP contribution is 2.33. The molecular formula is C15H25N3S. The Hall–Kier alpha value is -0.770. The van der Waals surface area contributed by atoms with Crippen molar-refractivity contribution >= 4 is 17.6 Å². The Balaban J connectivity index is 2.06. The molecule has 1 N–H and O–H groups in total. The largest absolute Gasteiger partial charge is 0.370 e. The average molecular weight is 279 g/mol. The molecule has 1 fully saturated rings. The van der Waals surface area contributed by atoms with Gasteiger partial charge in [-0.25, -0.2) is 9.97 Å². The first-order valence-electron chi connectivity index (χ1n) is 7.55. The van der Waals surface area contributed by atoms with Gasteiger partial charge >= 0.3 is 0 Å². The molecule has 0 unspecified atom stereocenters. The van der Waals surface area contributed by atoms with Crippen LogP contribution in [-0.4, -0.2) is 22.3 Å². The standard InChI is InChI=1S/C15H25N3S/c1-3-7-13-14(16-4-2)17-11-18-15(13)19-10-12-8-5-6-9-12/h11-12H,3-10H2,1-2H3,(H,16,17,18). The van der Waals surface area contributed by atoms with Crippen LogP contribution >= 0.6 is 11.8 Å². The number of thioether (sulfide) groups is 1. The van der Waals surface area contributed by atoms with Crippen molar-refractivity contribution in [2.75, 3.05) is 17.6 Å². The molecule has 19 heavy (non-hydrogen) atoms. The molecular weight excluding hydrogens is 254 g/mol. The zero-order valence-electron chi connectivity index (χ0n) is 12.1. The third kappa shape index (κ3) is 4.10. The molecule has 106 valence electrons. The van der Waals surface area contributed by atoms with Gasteiger partial charge in [-0.15, -0.1) is 11.8 Å². The highest BCUT2D eigenvalue weighted by atomic mass is 32.2. The highest BCUT2D eigenvalue weighted by molar-refractivity contribution is 7.99. The molecule has 0 bridgehead atoms. The summed E-state index contributed by atoms with van der Waals surface area (Å²) in [5.74, 6) is 3.16. The second-order valence-corrected chi connectivity index (χ2v) is 6.26. The SMILES string of the molecule is CCCc1c(NCC)ncnc1SCC1CCCC1. The van der Waals surface area contributed by atoms with Gasteiger partial charge in [-0.1, -0.05) is 26.2 Å². The Kier molecular flexibility index (Phi) is 5.95. The monoisotopic (exact) mass is 279 g/mol. The quantitative estimate of drug-likeness (QED) is 0.601. The van der Waals surface area contributed by atoms with Crippen molar-refractivity contribution in [1.29, 1.82) is 0 Å². The normalized spacial score (nSPS) is 15.9. The van der Waals surface area contributed by atoms with Crippen molar-refractivity contribution in [1.82, 2.24) is 9.97 Å². The van der Waals surface area contributed by atoms with Crippen LogP contribution in [0.15, 0.2) is 11.4 Å². The molecule has 1 aromatic heterocycles. The maximum atomic E-state index is 4.51. The molecule has 1 saturated carbocycles. The Morgan fingerprint density at radius 2 is 2.05 bits per heavy atom. The molecule has 0 atom stereocenters. The Bertz CT molecular complexity index is 389. The summed E-state index contributed by atoms with van der Waals surface area (Å²) >= 11 is 1.93. The zero-order valence-corrected chi connectivity index (χ0v) is 12.9. The molecule has 0 spiro atoms. The van der Waals surface area contributed by atoms with E-state index in [0.717, 1.165) is 31.1 Å². The molecule has 1 aromatic rings. The molecule has 3 nitrogen and oxygen atoms in total. The average Bonchev–Trinajstić information content (AvgIpc) is 2.93. The van der Waals surface area contributed by atoms with Crippen LogP contribution in [0.5, 0.6) is 0 Å². The van der Waals surface area contributed by atoms with Gasteiger partial charge in [0.2, 0.25) is 0 Å². The van der Waals surface area contributed by atoms with E-state index in [-0.39, 0.29) is 0 Å². The first-order valence-corrected chi connectivity index (χ1v) is 8.54. The maximum absolute atomic E-state index is 4.51. The van der Waals surface area contributed by atoms with Gasteiger partial charge in [0.25, 0.3) is 0 Å². The van der Waals surface area contributed by atoms with Gasteiger partial charge in [0.15, 0.2) is 0 Å². The number of nitrogens with one attached hydrogen (secondary N) is 1. The number of nitrogens with zero attached hydrogens (tertiary/aromatic N) is 2. The fourth-order valence-electron chi connectivity index (χ4n) is 2.69. The van der Waals surface area contributed by atoms with E-state index in [1.54, 1.807) is 6.33 Å². The predicted molar refractivity (Wildman–Crippen MR) is 82.9 cm³/mol. The molecule has 1 heterocycles. The number of hydrogen-bond acceptors (Lipinski definition) is 4. The zero-order chi connectivity index (χ0) is 13.5. The summed E-state index contributed by atoms with van der Waals surface area (Å²) in [6, 6.07) is 0. The predicted octanol–water partition coefficient (Wildman–Crippen LogP) is 4.14. The minimum atomic E-state index is 0.900. The van der Waals surface area contributed by atoms with Crippen LogP contribution in [0.25, 0.3) is 0 Å². The van der Waals surface area contributed by atoms with E-state index in [0.29, 0.717) is 0 Å². The van der Waals surface area contributed by atoms with Crippen LogP contribution in [0.4, 0.5) is 5.82 Å². The molecule has 1 aliphatic carbocycles. The molecule has 0 radical (unpaired) electrons. The third-order valence-electron chi connectivity index (χ3n) is 3.68. The Morgan fingerprint density at radius 1 is 1.26 bits per heavy atom. The molecule has 0 aliphatic heterocycles. The van der Waals surface area contributed by atoms with Gasteiger partial charge in [-0.2, -0.15) is 0 Å². The minimum Gasteiger partial charge on any atom is -0.370 e. The number of aromatic nitrogens is 2. The lowest BCUT2D eigenvalue weighted by molar-refractivity contribution is 0.622. The van der Waals surface area contributed by atoms with Gasteiger partial charge in [-0.05, 0) is 32.1 Å². The highest BCUT2D eigenvalue weighted by Gasteiger charge is 2.17. The lowest BCUT2D eigenvalue weighted by Crippen LogP contribution is -2.07. The van der Waals surface area contributed by atoms with Crippen LogP contribution < -0.4 is 5.32 Å². The Labute approximate surface area is 121 Å². The van der Waals surface area contributed by atoms with Crippen molar-refractivity contribution in [3.8, 4) is 0 Å². The third-order valence-corrected chi connectivity index (χ3v) is 4.94. The van der Waals surface area contributed by atoms with Crippen molar-refractivity contribution in [2.24, 2.45) is 5.92 Å². The van der Waals surface area contributed by atoms with E-state index in [1.807, 2.05) is 11.8 Å². The Morgan fingerprint density at radius 3 is 2.74 bits per heavy atom. The molecule has 0 aromatic carbocycles. The second kappa shape index (κ2) is 7.73. The van der Waals surface area contributed by atoms with E-state index in [2.05, 4.69) is 29.1 Å². The molecule has 0 amide bonds. The molecule has 1 aliphatic rings. The second-order valence-electron chi connectivity index (χ2n) is 5.25. The molecule has 4 heteroatoms. The summed E-state index contributed by atoms with van der Waals surface area (Å²) in [5, 5.41) is 4.56. The van der Waals surface area contributed by atoms with Crippen LogP contribution in [-0.2, 0) is 6.42 Å². The van der Waals surface area contributed by atoms with Crippen molar-refractivity contribution in [2.45, 2.75) is 57.4 Å². The summed E-state index contributed by atoms with van der Waals surface area (Å²) in [6.07, 6.45) is 9.55. The van der Waals surface area contributed by atoms with Crippen LogP contribution in [0.2, 0.25) is 0 Å². The van der Waals surface area contributed by atoms with E-state index >= 15 is 0 Å². The lowest BCUT2D eigenvalue weighted by atomic mass is 10.1. The van der Waals surface area contributed by atoms with E-state index < -0.39 is 0 Å². The minimum absolute atomic E-state index is 0.900. The van der Waals surface area contributed by atoms with Gasteiger partial charge in [0.1, 0.15) is 17.2 Å². The van der Waals surface area contributed by atoms with Gasteiger partial charge in [-0.3, -0.25) is 0 Å². The van der Waals surface area contributed by atoms with Gasteiger partial charge in [0.05, 0.1) is 0 Å². The lowest BCUT2D eigenvalue weighted by Gasteiger charge is -2.14. The molecule has 0 saturated heterocycles. The summed E-state index contributed by atoms with van der Waals surface area (Å²) in [7, 11) is 0. The summed E-state index contributed by atoms with van der Waals surface area (Å²) in [5.41, 5.74) is 1.31. The van der Waals surface area contributed by atoms with Crippen molar-refractivity contribution in [3.63, 3.8) is 0 Å². The van der Waals surface area contributed by atoms with Crippen LogP contribution in [0.3, 0.4) is 0 Å². The number of hydrogen-bond donors (Lipinski definition) is 1. The van der Waals surface area contributed by atoms with Crippen molar-refractivity contribution in [3.05, 3.63) is 11.9 Å². The fourth-order valence-corrected chi connectivity index (χ4v) is 3.91. The first-order chi connectivity index (χ1) is 9.35. The summed E-state index contributed by atoms with van der Waals surface area (Å²) < 4.78 is 0. The van der Waals surface area contributed by atoms with E-state index in [4.69, 9.17) is 0 Å². The smallest absolute Gasteiger partial charge is 0.133 e. The van der Waals surface area contributed by atoms with Crippen molar-refractivity contribution < 1.29 is 0 Å². The van der Waals surface area contributed by atoms with E-state index in [9.17, 15) is 0 Å². The van der Waals surface area contributed by atoms with Crippen LogP contribution in [0, 0.1) is 5.92 Å². The summed E-state index contributed by atoms with van der Waals surface area (Å²) in [6.45, 7) is 5.25. The topological polar surface area (TPSA) is 37.8 Å². The van der Waals surface area contributed by atoms with E-state index in [1.165, 1.54) is 42.0 Å². The molecule has 2 rings (SSSR count). The summed E-state index contributed by atoms with van der Waals surface area (Å²) in [4.78, 5) is 8.90. The van der Waals surface area contributed by atoms with Gasteiger partial charge in [0, 0.05) is 17.9 Å². The number of rotatable bonds is 7.